The lowest BCUT2D eigenvalue weighted by Gasteiger charge is -2.38. The first-order valence-electron chi connectivity index (χ1n) is 13.9. The smallest absolute Gasteiger partial charge is 0.221 e. The minimum Gasteiger partial charge on any atom is -0.481 e. The molecule has 0 radical (unpaired) electrons. The molecule has 2 aromatic heterocycles. The number of aliphatic hydroxyl groups is 1. The van der Waals surface area contributed by atoms with Gasteiger partial charge in [0, 0.05) is 54.9 Å². The summed E-state index contributed by atoms with van der Waals surface area (Å²) in [5.41, 5.74) is 10.9. The maximum atomic E-state index is 12.0. The van der Waals surface area contributed by atoms with Gasteiger partial charge in [0.2, 0.25) is 11.8 Å². The minimum atomic E-state index is -1.02. The van der Waals surface area contributed by atoms with Crippen LogP contribution in [0.4, 0.5) is 23.1 Å². The highest BCUT2D eigenvalue weighted by Gasteiger charge is 2.35. The summed E-state index contributed by atoms with van der Waals surface area (Å²) in [7, 11) is 1.58. The number of benzene rings is 2. The zero-order valence-corrected chi connectivity index (χ0v) is 23.6. The molecule has 2 aliphatic heterocycles. The minimum absolute atomic E-state index is 0.184. The summed E-state index contributed by atoms with van der Waals surface area (Å²) < 4.78 is 10.9. The second kappa shape index (κ2) is 12.1. The number of amidine groups is 1. The van der Waals surface area contributed by atoms with Gasteiger partial charge >= 0.3 is 0 Å². The van der Waals surface area contributed by atoms with Gasteiger partial charge in [0.1, 0.15) is 11.7 Å². The average Bonchev–Trinajstić information content (AvgIpc) is 3.03. The molecule has 0 spiro atoms. The number of hydrogen-bond acceptors (Lipinski definition) is 11. The van der Waals surface area contributed by atoms with Crippen LogP contribution in [0.1, 0.15) is 24.3 Å². The van der Waals surface area contributed by atoms with Gasteiger partial charge in [-0.05, 0) is 42.3 Å². The Balaban J connectivity index is 1.40. The Bertz CT molecular complexity index is 1580. The first-order chi connectivity index (χ1) is 20.5. The maximum absolute atomic E-state index is 12.0. The van der Waals surface area contributed by atoms with Crippen molar-refractivity contribution in [1.29, 1.82) is 0 Å². The largest absolute Gasteiger partial charge is 0.481 e. The van der Waals surface area contributed by atoms with Gasteiger partial charge in [-0.15, -0.1) is 0 Å². The summed E-state index contributed by atoms with van der Waals surface area (Å²) >= 11 is 0. The number of morpholine rings is 1. The summed E-state index contributed by atoms with van der Waals surface area (Å²) in [6, 6.07) is 19.0. The molecule has 2 unspecified atom stereocenters. The number of nitrogens with two attached hydrogens (primary N) is 1. The molecule has 0 bridgehead atoms. The van der Waals surface area contributed by atoms with E-state index in [2.05, 4.69) is 25.2 Å². The molecule has 0 aliphatic carbocycles. The van der Waals surface area contributed by atoms with Crippen molar-refractivity contribution >= 4 is 29.0 Å². The summed E-state index contributed by atoms with van der Waals surface area (Å²) in [6.07, 6.45) is 2.45. The lowest BCUT2D eigenvalue weighted by Crippen LogP contribution is -2.46. The van der Waals surface area contributed by atoms with Gasteiger partial charge in [-0.1, -0.05) is 30.3 Å². The van der Waals surface area contributed by atoms with Crippen LogP contribution in [0.2, 0.25) is 0 Å². The van der Waals surface area contributed by atoms with E-state index in [1.807, 2.05) is 72.5 Å². The van der Waals surface area contributed by atoms with Crippen molar-refractivity contribution in [2.75, 3.05) is 49.4 Å². The number of ether oxygens (including phenoxy) is 2. The predicted molar refractivity (Wildman–Crippen MR) is 163 cm³/mol. The maximum Gasteiger partial charge on any atom is 0.221 e. The van der Waals surface area contributed by atoms with Gasteiger partial charge in [-0.2, -0.15) is 4.98 Å². The number of nitrogen functional groups attached to an aromatic ring is 1. The number of aliphatic hydroxyl groups excluding tert-OH is 1. The molecule has 6 rings (SSSR count). The molecule has 0 amide bonds. The van der Waals surface area contributed by atoms with E-state index in [1.165, 1.54) is 0 Å². The summed E-state index contributed by atoms with van der Waals surface area (Å²) in [5.74, 6) is 1.95. The standard InChI is InChI=1S/C31H34N8O3/c1-20(35-28-22(18-34-31(32)37-28)19-38-13-15-42-16-14-38)29-36-25-10-6-9-24(21-11-12-33-26(17-21)41-2)27(25)30(40)39(29)23-7-4-3-5-8-23/h3-12,17-18,20,30,40H,13-16,19H2,1-2H3,(H3,32,34,35,37). The van der Waals surface area contributed by atoms with E-state index in [0.29, 0.717) is 48.5 Å². The second-order valence-electron chi connectivity index (χ2n) is 10.2. The molecule has 4 N–H and O–H groups in total. The van der Waals surface area contributed by atoms with Crippen LogP contribution in [0.15, 0.2) is 78.0 Å². The SMILES string of the molecule is COc1cc(-c2cccc3c2C(O)N(c2ccccc2)C(C(C)Nc2nc(N)ncc2CN2CCOCC2)=N3)ccn1. The third-order valence-corrected chi connectivity index (χ3v) is 7.48. The Morgan fingerprint density at radius 2 is 1.90 bits per heavy atom. The molecular weight excluding hydrogens is 532 g/mol. The fourth-order valence-electron chi connectivity index (χ4n) is 5.39. The molecule has 2 atom stereocenters. The van der Waals surface area contributed by atoms with Crippen LogP contribution < -0.4 is 20.7 Å². The van der Waals surface area contributed by atoms with Gasteiger partial charge in [-0.3, -0.25) is 9.80 Å². The van der Waals surface area contributed by atoms with Crippen molar-refractivity contribution in [3.05, 3.63) is 84.2 Å². The lowest BCUT2D eigenvalue weighted by atomic mass is 9.95. The van der Waals surface area contributed by atoms with Crippen molar-refractivity contribution in [2.45, 2.75) is 25.7 Å². The van der Waals surface area contributed by atoms with Crippen molar-refractivity contribution < 1.29 is 14.6 Å². The Labute approximate surface area is 244 Å². The monoisotopic (exact) mass is 566 g/mol. The highest BCUT2D eigenvalue weighted by atomic mass is 16.5. The zero-order valence-electron chi connectivity index (χ0n) is 23.6. The molecule has 11 heteroatoms. The molecule has 4 aromatic rings. The number of hydrogen-bond donors (Lipinski definition) is 3. The molecule has 2 aliphatic rings. The van der Waals surface area contributed by atoms with Crippen molar-refractivity contribution in [3.8, 4) is 17.0 Å². The topological polar surface area (TPSA) is 134 Å². The Kier molecular flexibility index (Phi) is 7.95. The number of methoxy groups -OCH3 is 1. The van der Waals surface area contributed by atoms with Crippen molar-refractivity contribution in [1.82, 2.24) is 19.9 Å². The highest BCUT2D eigenvalue weighted by Crippen LogP contribution is 2.43. The first-order valence-corrected chi connectivity index (χ1v) is 13.9. The van der Waals surface area contributed by atoms with Crippen LogP contribution in [0.5, 0.6) is 5.88 Å². The fraction of sp³-hybridized carbons (Fsp3) is 0.290. The number of aliphatic imine (C=N–C) groups is 1. The molecule has 216 valence electrons. The van der Waals surface area contributed by atoms with Gasteiger partial charge in [-0.25, -0.2) is 15.0 Å². The molecule has 2 aromatic carbocycles. The van der Waals surface area contributed by atoms with E-state index in [9.17, 15) is 5.11 Å². The van der Waals surface area contributed by atoms with Gasteiger partial charge in [0.15, 0.2) is 6.23 Å². The Morgan fingerprint density at radius 3 is 2.69 bits per heavy atom. The number of fused-ring (bicyclic) bond motifs is 1. The number of nitrogens with zero attached hydrogens (tertiary/aromatic N) is 6. The molecule has 1 fully saturated rings. The fourth-order valence-corrected chi connectivity index (χ4v) is 5.39. The number of anilines is 3. The lowest BCUT2D eigenvalue weighted by molar-refractivity contribution is 0.0342. The Hall–Kier alpha value is -4.58. The van der Waals surface area contributed by atoms with Crippen molar-refractivity contribution in [2.24, 2.45) is 4.99 Å². The van der Waals surface area contributed by atoms with Crippen LogP contribution in [-0.2, 0) is 11.3 Å². The summed E-state index contributed by atoms with van der Waals surface area (Å²) in [5, 5.41) is 15.6. The van der Waals surface area contributed by atoms with Crippen LogP contribution in [0.25, 0.3) is 11.1 Å². The van der Waals surface area contributed by atoms with Gasteiger partial charge in [0.25, 0.3) is 0 Å². The Morgan fingerprint density at radius 1 is 1.10 bits per heavy atom. The molecule has 1 saturated heterocycles. The van der Waals surface area contributed by atoms with E-state index in [1.54, 1.807) is 19.5 Å². The molecule has 42 heavy (non-hydrogen) atoms. The molecule has 0 saturated carbocycles. The van der Waals surface area contributed by atoms with E-state index in [4.69, 9.17) is 20.2 Å². The quantitative estimate of drug-likeness (QED) is 0.287. The van der Waals surface area contributed by atoms with Gasteiger partial charge in [0.05, 0.1) is 32.1 Å². The van der Waals surface area contributed by atoms with E-state index < -0.39 is 6.23 Å². The number of para-hydroxylation sites is 1. The second-order valence-corrected chi connectivity index (χ2v) is 10.2. The van der Waals surface area contributed by atoms with Crippen LogP contribution in [0, 0.1) is 0 Å². The average molecular weight is 567 g/mol. The van der Waals surface area contributed by atoms with E-state index >= 15 is 0 Å². The van der Waals surface area contributed by atoms with Crippen LogP contribution >= 0.6 is 0 Å². The van der Waals surface area contributed by atoms with E-state index in [0.717, 1.165) is 35.5 Å². The molecule has 11 nitrogen and oxygen atoms in total. The van der Waals surface area contributed by atoms with Gasteiger partial charge < -0.3 is 25.6 Å². The third kappa shape index (κ3) is 5.62. The normalized spacial score (nSPS) is 17.7. The number of pyridine rings is 1. The third-order valence-electron chi connectivity index (χ3n) is 7.48. The number of aromatic nitrogens is 3. The van der Waals surface area contributed by atoms with Crippen LogP contribution in [0.3, 0.4) is 0 Å². The van der Waals surface area contributed by atoms with E-state index in [-0.39, 0.29) is 12.0 Å². The first kappa shape index (κ1) is 27.6. The highest BCUT2D eigenvalue weighted by molar-refractivity contribution is 6.06. The van der Waals surface area contributed by atoms with Crippen LogP contribution in [-0.4, -0.2) is 70.2 Å². The summed E-state index contributed by atoms with van der Waals surface area (Å²) in [6.45, 7) is 5.73. The molecule has 4 heterocycles. The number of nitrogens with one attached hydrogen (secondary N) is 1. The predicted octanol–water partition coefficient (Wildman–Crippen LogP) is 4.00. The number of rotatable bonds is 8. The summed E-state index contributed by atoms with van der Waals surface area (Å²) in [4.78, 5) is 22.3. The molecular formula is C31H34N8O3. The van der Waals surface area contributed by atoms with Crippen molar-refractivity contribution in [3.63, 3.8) is 0 Å². The zero-order chi connectivity index (χ0) is 29.1.